The molecular formula is C22H19F3N2O3S. The lowest BCUT2D eigenvalue weighted by Gasteiger charge is -2.20. The van der Waals surface area contributed by atoms with E-state index in [4.69, 9.17) is 5.73 Å². The number of halogens is 3. The summed E-state index contributed by atoms with van der Waals surface area (Å²) in [6.45, 7) is -0.253. The van der Waals surface area contributed by atoms with E-state index in [9.17, 15) is 27.6 Å². The van der Waals surface area contributed by atoms with Crippen molar-refractivity contribution in [1.82, 2.24) is 5.32 Å². The van der Waals surface area contributed by atoms with Crippen molar-refractivity contribution in [3.8, 4) is 0 Å². The molecule has 9 heteroatoms. The summed E-state index contributed by atoms with van der Waals surface area (Å²) in [4.78, 5) is 36.2. The summed E-state index contributed by atoms with van der Waals surface area (Å²) in [5.74, 6) is -1.01. The third-order valence-corrected chi connectivity index (χ3v) is 5.20. The number of hydrogen-bond donors (Lipinski definition) is 3. The molecule has 0 aliphatic heterocycles. The largest absolute Gasteiger partial charge is 0.417 e. The zero-order valence-corrected chi connectivity index (χ0v) is 17.1. The lowest BCUT2D eigenvalue weighted by atomic mass is 9.88. The van der Waals surface area contributed by atoms with Crippen molar-refractivity contribution >= 4 is 41.4 Å². The number of nitrogens with two attached hydrogens (primary N) is 1. The molecule has 0 radical (unpaired) electrons. The Morgan fingerprint density at radius 1 is 1.13 bits per heavy atom. The van der Waals surface area contributed by atoms with Gasteiger partial charge in [-0.3, -0.25) is 14.4 Å². The number of nitrogen functional groups attached to an aromatic ring is 1. The normalized spacial score (nSPS) is 13.4. The highest BCUT2D eigenvalue weighted by molar-refractivity contribution is 7.79. The first kappa shape index (κ1) is 22.6. The monoisotopic (exact) mass is 448 g/mol. The van der Waals surface area contributed by atoms with Crippen LogP contribution in [0.25, 0.3) is 5.57 Å². The number of nitrogens with one attached hydrogen (secondary N) is 1. The summed E-state index contributed by atoms with van der Waals surface area (Å²) in [5, 5.41) is 2.50. The lowest BCUT2D eigenvalue weighted by molar-refractivity contribution is -0.117. The van der Waals surface area contributed by atoms with Gasteiger partial charge in [0.1, 0.15) is 0 Å². The Balaban J connectivity index is 1.65. The number of carbonyl (C=O) groups is 3. The molecule has 0 heterocycles. The number of ketones is 2. The van der Waals surface area contributed by atoms with E-state index in [2.05, 4.69) is 17.9 Å². The standard InChI is InChI=1S/C22H19F3N2O3S/c23-22(24,25)19-9-16(28)7-15-5-12(1-4-18(15)19)6-17(29)10-27-21(30)13-2-3-14(11-31)20(26)8-13/h1-5,8-9,31H,6-7,10-11,26H2,(H,27,30). The predicted octanol–water partition coefficient (Wildman–Crippen LogP) is 3.31. The predicted molar refractivity (Wildman–Crippen MR) is 114 cm³/mol. The summed E-state index contributed by atoms with van der Waals surface area (Å²) in [6.07, 6.45) is -4.27. The molecule has 0 saturated heterocycles. The number of Topliss-reactive ketones (excluding diaryl/α,β-unsaturated/α-hetero) is 1. The molecule has 0 bridgehead atoms. The summed E-state index contributed by atoms with van der Waals surface area (Å²) < 4.78 is 39.5. The van der Waals surface area contributed by atoms with Gasteiger partial charge in [0.15, 0.2) is 11.6 Å². The van der Waals surface area contributed by atoms with E-state index in [-0.39, 0.29) is 36.3 Å². The highest BCUT2D eigenvalue weighted by Crippen LogP contribution is 2.38. The highest BCUT2D eigenvalue weighted by Gasteiger charge is 2.38. The van der Waals surface area contributed by atoms with E-state index in [0.717, 1.165) is 5.56 Å². The summed E-state index contributed by atoms with van der Waals surface area (Å²) in [7, 11) is 0. The fourth-order valence-electron chi connectivity index (χ4n) is 3.33. The number of alkyl halides is 3. The molecule has 0 fully saturated rings. The average Bonchev–Trinajstić information content (AvgIpc) is 2.70. The van der Waals surface area contributed by atoms with Crippen LogP contribution in [0.3, 0.4) is 0 Å². The molecule has 2 aromatic carbocycles. The zero-order valence-electron chi connectivity index (χ0n) is 16.3. The molecule has 0 unspecified atom stereocenters. The quantitative estimate of drug-likeness (QED) is 0.467. The number of amides is 1. The van der Waals surface area contributed by atoms with Crippen LogP contribution in [0.15, 0.2) is 42.5 Å². The fraction of sp³-hybridized carbons (Fsp3) is 0.227. The Bertz CT molecular complexity index is 1090. The molecule has 162 valence electrons. The van der Waals surface area contributed by atoms with Gasteiger partial charge >= 0.3 is 6.18 Å². The summed E-state index contributed by atoms with van der Waals surface area (Å²) in [5.41, 5.74) is 7.00. The average molecular weight is 448 g/mol. The Kier molecular flexibility index (Phi) is 6.54. The second-order valence-electron chi connectivity index (χ2n) is 7.16. The van der Waals surface area contributed by atoms with Crippen molar-refractivity contribution < 1.29 is 27.6 Å². The van der Waals surface area contributed by atoms with Crippen LogP contribution in [-0.2, 0) is 28.2 Å². The first-order valence-corrected chi connectivity index (χ1v) is 9.94. The van der Waals surface area contributed by atoms with Gasteiger partial charge in [-0.25, -0.2) is 0 Å². The topological polar surface area (TPSA) is 89.3 Å². The van der Waals surface area contributed by atoms with Gasteiger partial charge in [-0.1, -0.05) is 24.3 Å². The van der Waals surface area contributed by atoms with Crippen molar-refractivity contribution in [3.63, 3.8) is 0 Å². The smallest absolute Gasteiger partial charge is 0.398 e. The molecule has 0 atom stereocenters. The third-order valence-electron chi connectivity index (χ3n) is 4.86. The minimum absolute atomic E-state index is 0.0566. The molecule has 3 N–H and O–H groups in total. The molecule has 3 rings (SSSR count). The third kappa shape index (κ3) is 5.35. The number of allylic oxidation sites excluding steroid dienone is 2. The number of rotatable bonds is 6. The number of fused-ring (bicyclic) bond motifs is 1. The Labute approximate surface area is 181 Å². The van der Waals surface area contributed by atoms with Crippen molar-refractivity contribution in [3.05, 3.63) is 70.3 Å². The zero-order chi connectivity index (χ0) is 22.8. The number of thiol groups is 1. The van der Waals surface area contributed by atoms with Gasteiger partial charge in [-0.05, 0) is 40.5 Å². The van der Waals surface area contributed by atoms with E-state index in [1.54, 1.807) is 12.1 Å². The van der Waals surface area contributed by atoms with E-state index < -0.39 is 23.4 Å². The van der Waals surface area contributed by atoms with Crippen molar-refractivity contribution in [1.29, 1.82) is 0 Å². The summed E-state index contributed by atoms with van der Waals surface area (Å²) >= 11 is 4.13. The van der Waals surface area contributed by atoms with Crippen LogP contribution in [-0.4, -0.2) is 30.2 Å². The van der Waals surface area contributed by atoms with Crippen LogP contribution < -0.4 is 11.1 Å². The van der Waals surface area contributed by atoms with E-state index in [1.807, 2.05) is 0 Å². The van der Waals surface area contributed by atoms with E-state index in [1.165, 1.54) is 24.3 Å². The van der Waals surface area contributed by atoms with Gasteiger partial charge in [0.05, 0.1) is 12.1 Å². The van der Waals surface area contributed by atoms with Crippen LogP contribution >= 0.6 is 12.6 Å². The second-order valence-corrected chi connectivity index (χ2v) is 7.48. The number of carbonyl (C=O) groups excluding carboxylic acids is 3. The minimum atomic E-state index is -4.64. The first-order chi connectivity index (χ1) is 14.6. The SMILES string of the molecule is Nc1cc(C(=O)NCC(=O)Cc2ccc3c(c2)CC(=O)C=C3C(F)(F)F)ccc1CS. The van der Waals surface area contributed by atoms with Gasteiger partial charge < -0.3 is 11.1 Å². The van der Waals surface area contributed by atoms with Crippen LogP contribution in [0, 0.1) is 0 Å². The van der Waals surface area contributed by atoms with Crippen LogP contribution in [0.1, 0.15) is 32.6 Å². The van der Waals surface area contributed by atoms with Crippen molar-refractivity contribution in [2.24, 2.45) is 0 Å². The molecule has 2 aromatic rings. The Hall–Kier alpha value is -3.07. The van der Waals surface area contributed by atoms with Crippen LogP contribution in [0.5, 0.6) is 0 Å². The van der Waals surface area contributed by atoms with Crippen LogP contribution in [0.4, 0.5) is 18.9 Å². The van der Waals surface area contributed by atoms with Crippen molar-refractivity contribution in [2.75, 3.05) is 12.3 Å². The molecule has 1 aliphatic carbocycles. The number of benzene rings is 2. The Morgan fingerprint density at radius 2 is 1.87 bits per heavy atom. The number of anilines is 1. The second kappa shape index (κ2) is 8.97. The summed E-state index contributed by atoms with van der Waals surface area (Å²) in [6, 6.07) is 8.88. The molecule has 1 aliphatic rings. The van der Waals surface area contributed by atoms with Gasteiger partial charge in [0.2, 0.25) is 0 Å². The maximum Gasteiger partial charge on any atom is 0.417 e. The minimum Gasteiger partial charge on any atom is -0.398 e. The molecule has 5 nitrogen and oxygen atoms in total. The highest BCUT2D eigenvalue weighted by atomic mass is 32.1. The van der Waals surface area contributed by atoms with Gasteiger partial charge in [0, 0.05) is 29.8 Å². The number of hydrogen-bond acceptors (Lipinski definition) is 5. The van der Waals surface area contributed by atoms with Gasteiger partial charge in [0.25, 0.3) is 5.91 Å². The van der Waals surface area contributed by atoms with Crippen LogP contribution in [0.2, 0.25) is 0 Å². The maximum atomic E-state index is 13.2. The molecule has 0 spiro atoms. The molecule has 0 aromatic heterocycles. The maximum absolute atomic E-state index is 13.2. The lowest BCUT2D eigenvalue weighted by Crippen LogP contribution is -2.30. The molecule has 31 heavy (non-hydrogen) atoms. The first-order valence-electron chi connectivity index (χ1n) is 9.31. The van der Waals surface area contributed by atoms with Gasteiger partial charge in [-0.2, -0.15) is 25.8 Å². The Morgan fingerprint density at radius 3 is 2.52 bits per heavy atom. The van der Waals surface area contributed by atoms with Crippen molar-refractivity contribution in [2.45, 2.75) is 24.8 Å². The molecular weight excluding hydrogens is 429 g/mol. The fourth-order valence-corrected chi connectivity index (χ4v) is 3.62. The van der Waals surface area contributed by atoms with E-state index >= 15 is 0 Å². The van der Waals surface area contributed by atoms with Gasteiger partial charge in [-0.15, -0.1) is 0 Å². The van der Waals surface area contributed by atoms with E-state index in [0.29, 0.717) is 28.6 Å². The molecule has 0 saturated carbocycles. The molecule has 1 amide bonds.